The first-order valence-electron chi connectivity index (χ1n) is 12.6. The number of carboxylic acids is 1. The Kier molecular flexibility index (Phi) is 7.69. The number of carboxylic acid groups (broad SMARTS) is 1. The molecular weight excluding hydrogens is 449 g/mol. The van der Waals surface area contributed by atoms with Gasteiger partial charge in [-0.3, -0.25) is 9.69 Å². The Bertz CT molecular complexity index is 1150. The standard InChI is InChI=1S/C30H36BNO4/c1-22(24-15-10-7-11-16-24)32(21-23-13-8-6-9-14-23)27(20-28(33)34)25-17-12-18-26(19-25)31-35-29(2,3)30(4,5)36-31/h6-19,22,27H,20-21H2,1-5H3,(H,33,34)/t22-,27+/m1/s1. The van der Waals surface area contributed by atoms with Crippen LogP contribution in [0.4, 0.5) is 0 Å². The maximum Gasteiger partial charge on any atom is 0.494 e. The minimum atomic E-state index is -0.834. The van der Waals surface area contributed by atoms with Gasteiger partial charge >= 0.3 is 13.1 Å². The number of nitrogens with zero attached hydrogens (tertiary/aromatic N) is 1. The maximum atomic E-state index is 12.1. The summed E-state index contributed by atoms with van der Waals surface area (Å²) in [5, 5.41) is 9.95. The van der Waals surface area contributed by atoms with Crippen LogP contribution in [-0.4, -0.2) is 34.3 Å². The molecule has 3 aromatic rings. The number of rotatable bonds is 9. The van der Waals surface area contributed by atoms with Crippen LogP contribution in [0.3, 0.4) is 0 Å². The van der Waals surface area contributed by atoms with Gasteiger partial charge in [0.2, 0.25) is 0 Å². The van der Waals surface area contributed by atoms with Crippen LogP contribution in [0.15, 0.2) is 84.9 Å². The van der Waals surface area contributed by atoms with Gasteiger partial charge in [0.25, 0.3) is 0 Å². The second kappa shape index (κ2) is 10.6. The molecule has 0 radical (unpaired) electrons. The normalized spacial score (nSPS) is 18.2. The van der Waals surface area contributed by atoms with E-state index in [2.05, 4.69) is 36.1 Å². The number of carbonyl (C=O) groups is 1. The highest BCUT2D eigenvalue weighted by Gasteiger charge is 2.51. The highest BCUT2D eigenvalue weighted by atomic mass is 16.7. The van der Waals surface area contributed by atoms with E-state index in [1.165, 1.54) is 0 Å². The minimum Gasteiger partial charge on any atom is -0.481 e. The van der Waals surface area contributed by atoms with E-state index >= 15 is 0 Å². The van der Waals surface area contributed by atoms with Gasteiger partial charge in [-0.05, 0) is 56.8 Å². The Hall–Kier alpha value is -2.93. The van der Waals surface area contributed by atoms with Crippen LogP contribution in [0.25, 0.3) is 0 Å². The van der Waals surface area contributed by atoms with Crippen LogP contribution < -0.4 is 5.46 Å². The molecule has 1 aliphatic heterocycles. The summed E-state index contributed by atoms with van der Waals surface area (Å²) >= 11 is 0. The zero-order valence-electron chi connectivity index (χ0n) is 21.8. The Labute approximate surface area is 215 Å². The van der Waals surface area contributed by atoms with Crippen molar-refractivity contribution in [1.82, 2.24) is 4.90 Å². The van der Waals surface area contributed by atoms with Crippen molar-refractivity contribution in [3.05, 3.63) is 102 Å². The minimum absolute atomic E-state index is 0.00346. The molecule has 3 aromatic carbocycles. The van der Waals surface area contributed by atoms with Crippen molar-refractivity contribution in [3.8, 4) is 0 Å². The van der Waals surface area contributed by atoms with E-state index < -0.39 is 24.3 Å². The lowest BCUT2D eigenvalue weighted by Gasteiger charge is -2.37. The van der Waals surface area contributed by atoms with Crippen LogP contribution in [0.1, 0.15) is 69.8 Å². The van der Waals surface area contributed by atoms with Gasteiger partial charge in [0, 0.05) is 18.6 Å². The molecule has 2 atom stereocenters. The monoisotopic (exact) mass is 485 g/mol. The summed E-state index contributed by atoms with van der Waals surface area (Å²) in [6, 6.07) is 28.1. The summed E-state index contributed by atoms with van der Waals surface area (Å²) in [5.41, 5.74) is 3.21. The summed E-state index contributed by atoms with van der Waals surface area (Å²) < 4.78 is 12.6. The predicted octanol–water partition coefficient (Wildman–Crippen LogP) is 5.77. The van der Waals surface area contributed by atoms with Gasteiger partial charge in [0.1, 0.15) is 0 Å². The maximum absolute atomic E-state index is 12.1. The Morgan fingerprint density at radius 2 is 1.42 bits per heavy atom. The second-order valence-corrected chi connectivity index (χ2v) is 10.6. The van der Waals surface area contributed by atoms with Crippen LogP contribution in [0.2, 0.25) is 0 Å². The number of hydrogen-bond acceptors (Lipinski definition) is 4. The fourth-order valence-electron chi connectivity index (χ4n) is 4.72. The first-order valence-corrected chi connectivity index (χ1v) is 12.6. The lowest BCUT2D eigenvalue weighted by atomic mass is 9.77. The summed E-state index contributed by atoms with van der Waals surface area (Å²) in [5.74, 6) is -0.834. The largest absolute Gasteiger partial charge is 0.494 e. The van der Waals surface area contributed by atoms with E-state index in [0.717, 1.165) is 22.2 Å². The molecule has 0 amide bonds. The van der Waals surface area contributed by atoms with Crippen molar-refractivity contribution >= 4 is 18.6 Å². The SMILES string of the molecule is C[C@H](c1ccccc1)N(Cc1ccccc1)[C@@H](CC(=O)O)c1cccc(B2OC(C)(C)C(C)(C)O2)c1. The Balaban J connectivity index is 1.73. The first-order chi connectivity index (χ1) is 17.1. The number of hydrogen-bond donors (Lipinski definition) is 1. The molecule has 0 aliphatic carbocycles. The third kappa shape index (κ3) is 5.72. The van der Waals surface area contributed by atoms with Crippen LogP contribution in [0.5, 0.6) is 0 Å². The molecule has 36 heavy (non-hydrogen) atoms. The van der Waals surface area contributed by atoms with E-state index in [1.807, 2.05) is 88.4 Å². The third-order valence-electron chi connectivity index (χ3n) is 7.58. The zero-order chi connectivity index (χ0) is 25.9. The van der Waals surface area contributed by atoms with E-state index in [0.29, 0.717) is 6.54 Å². The van der Waals surface area contributed by atoms with Gasteiger partial charge < -0.3 is 14.4 Å². The molecule has 1 fully saturated rings. The Morgan fingerprint density at radius 1 is 0.861 bits per heavy atom. The molecule has 1 aliphatic rings. The van der Waals surface area contributed by atoms with Gasteiger partial charge in [-0.1, -0.05) is 84.9 Å². The van der Waals surface area contributed by atoms with Gasteiger partial charge in [-0.25, -0.2) is 0 Å². The fourth-order valence-corrected chi connectivity index (χ4v) is 4.72. The molecule has 0 unspecified atom stereocenters. The topological polar surface area (TPSA) is 59.0 Å². The van der Waals surface area contributed by atoms with Crippen molar-refractivity contribution in [2.24, 2.45) is 0 Å². The molecule has 6 heteroatoms. The van der Waals surface area contributed by atoms with Crippen molar-refractivity contribution in [2.75, 3.05) is 0 Å². The fraction of sp³-hybridized carbons (Fsp3) is 0.367. The summed E-state index contributed by atoms with van der Waals surface area (Å²) in [6.45, 7) is 10.9. The molecule has 0 spiro atoms. The summed E-state index contributed by atoms with van der Waals surface area (Å²) in [4.78, 5) is 14.4. The third-order valence-corrected chi connectivity index (χ3v) is 7.58. The second-order valence-electron chi connectivity index (χ2n) is 10.6. The number of aliphatic carboxylic acids is 1. The number of benzene rings is 3. The molecular formula is C30H36BNO4. The van der Waals surface area contributed by atoms with E-state index in [-0.39, 0.29) is 18.5 Å². The smallest absolute Gasteiger partial charge is 0.481 e. The molecule has 1 heterocycles. The molecule has 0 bridgehead atoms. The summed E-state index contributed by atoms with van der Waals surface area (Å²) in [7, 11) is -0.505. The average Bonchev–Trinajstić information content (AvgIpc) is 3.08. The quantitative estimate of drug-likeness (QED) is 0.391. The van der Waals surface area contributed by atoms with Crippen molar-refractivity contribution in [1.29, 1.82) is 0 Å². The average molecular weight is 485 g/mol. The Morgan fingerprint density at radius 3 is 2.00 bits per heavy atom. The van der Waals surface area contributed by atoms with E-state index in [4.69, 9.17) is 9.31 Å². The van der Waals surface area contributed by atoms with E-state index in [1.54, 1.807) is 0 Å². The molecule has 0 saturated carbocycles. The first kappa shape index (κ1) is 26.1. The van der Waals surface area contributed by atoms with Crippen molar-refractivity contribution in [3.63, 3.8) is 0 Å². The molecule has 1 saturated heterocycles. The zero-order valence-corrected chi connectivity index (χ0v) is 21.8. The molecule has 0 aromatic heterocycles. The van der Waals surface area contributed by atoms with Crippen LogP contribution in [0, 0.1) is 0 Å². The van der Waals surface area contributed by atoms with Gasteiger partial charge in [-0.15, -0.1) is 0 Å². The van der Waals surface area contributed by atoms with Crippen molar-refractivity contribution in [2.45, 2.75) is 70.9 Å². The van der Waals surface area contributed by atoms with Crippen LogP contribution in [-0.2, 0) is 20.6 Å². The van der Waals surface area contributed by atoms with Crippen LogP contribution >= 0.6 is 0 Å². The molecule has 1 N–H and O–H groups in total. The molecule has 4 rings (SSSR count). The van der Waals surface area contributed by atoms with Gasteiger partial charge in [0.15, 0.2) is 0 Å². The predicted molar refractivity (Wildman–Crippen MR) is 144 cm³/mol. The van der Waals surface area contributed by atoms with E-state index in [9.17, 15) is 9.90 Å². The lowest BCUT2D eigenvalue weighted by Crippen LogP contribution is -2.41. The highest BCUT2D eigenvalue weighted by Crippen LogP contribution is 2.38. The van der Waals surface area contributed by atoms with Crippen molar-refractivity contribution < 1.29 is 19.2 Å². The molecule has 188 valence electrons. The lowest BCUT2D eigenvalue weighted by molar-refractivity contribution is -0.138. The molecule has 5 nitrogen and oxygen atoms in total. The van der Waals surface area contributed by atoms with Gasteiger partial charge in [0.05, 0.1) is 17.6 Å². The highest BCUT2D eigenvalue weighted by molar-refractivity contribution is 6.62. The summed E-state index contributed by atoms with van der Waals surface area (Å²) in [6.07, 6.45) is -0.0170. The van der Waals surface area contributed by atoms with Gasteiger partial charge in [-0.2, -0.15) is 0 Å².